The molecule has 2 amide bonds. The Bertz CT molecular complexity index is 572. The Hall–Kier alpha value is -1.88. The smallest absolute Gasteiger partial charge is 0.253 e. The zero-order valence-electron chi connectivity index (χ0n) is 14.3. The van der Waals surface area contributed by atoms with Crippen molar-refractivity contribution in [3.05, 3.63) is 29.8 Å². The third-order valence-electron chi connectivity index (χ3n) is 4.24. The highest BCUT2D eigenvalue weighted by Crippen LogP contribution is 2.20. The van der Waals surface area contributed by atoms with Gasteiger partial charge in [-0.25, -0.2) is 0 Å². The molecule has 1 aliphatic heterocycles. The lowest BCUT2D eigenvalue weighted by Crippen LogP contribution is -2.45. The van der Waals surface area contributed by atoms with Crippen LogP contribution in [0.15, 0.2) is 24.3 Å². The molecule has 5 nitrogen and oxygen atoms in total. The quantitative estimate of drug-likeness (QED) is 0.900. The maximum Gasteiger partial charge on any atom is 0.253 e. The molecule has 0 spiro atoms. The molecular weight excluding hydrogens is 290 g/mol. The molecule has 1 fully saturated rings. The number of likely N-dealkylation sites (tertiary alicyclic amines) is 1. The first-order chi connectivity index (χ1) is 10.8. The van der Waals surface area contributed by atoms with Gasteiger partial charge in [-0.3, -0.25) is 9.59 Å². The van der Waals surface area contributed by atoms with Crippen LogP contribution in [0.3, 0.4) is 0 Å². The van der Waals surface area contributed by atoms with E-state index in [9.17, 15) is 9.59 Å². The molecule has 126 valence electrons. The molecule has 1 heterocycles. The number of benzene rings is 1. The van der Waals surface area contributed by atoms with E-state index in [2.05, 4.69) is 5.32 Å². The molecule has 1 aliphatic rings. The second kappa shape index (κ2) is 7.13. The monoisotopic (exact) mass is 317 g/mol. The number of hydrogen-bond acceptors (Lipinski definition) is 3. The average molecular weight is 317 g/mol. The van der Waals surface area contributed by atoms with Gasteiger partial charge in [0.05, 0.1) is 6.04 Å². The number of nitrogens with zero attached hydrogens (tertiary/aromatic N) is 1. The molecule has 1 saturated heterocycles. The van der Waals surface area contributed by atoms with Crippen LogP contribution < -0.4 is 11.1 Å². The number of carbonyl (C=O) groups excluding carboxylic acids is 2. The molecule has 0 aromatic heterocycles. The minimum atomic E-state index is -0.607. The molecule has 0 unspecified atom stereocenters. The van der Waals surface area contributed by atoms with Gasteiger partial charge in [0.15, 0.2) is 0 Å². The first kappa shape index (κ1) is 17.5. The maximum atomic E-state index is 12.5. The zero-order chi connectivity index (χ0) is 17.0. The summed E-state index contributed by atoms with van der Waals surface area (Å²) in [6, 6.07) is 6.47. The van der Waals surface area contributed by atoms with Gasteiger partial charge >= 0.3 is 0 Å². The Balaban J connectivity index is 2.07. The number of nitrogens with two attached hydrogens (primary N) is 1. The summed E-state index contributed by atoms with van der Waals surface area (Å²) in [5, 5.41) is 2.81. The normalized spacial score (nSPS) is 16.8. The Kier molecular flexibility index (Phi) is 5.42. The summed E-state index contributed by atoms with van der Waals surface area (Å²) in [5.74, 6) is -0.207. The largest absolute Gasteiger partial charge is 0.339 e. The van der Waals surface area contributed by atoms with Gasteiger partial charge in [-0.15, -0.1) is 0 Å². The predicted octanol–water partition coefficient (Wildman–Crippen LogP) is 2.62. The molecule has 1 aromatic carbocycles. The molecule has 1 aromatic rings. The second-order valence-electron chi connectivity index (χ2n) is 7.27. The summed E-state index contributed by atoms with van der Waals surface area (Å²) in [6.45, 7) is 7.39. The minimum Gasteiger partial charge on any atom is -0.339 e. The fourth-order valence-corrected chi connectivity index (χ4v) is 2.62. The molecule has 23 heavy (non-hydrogen) atoms. The van der Waals surface area contributed by atoms with E-state index in [0.717, 1.165) is 25.9 Å². The Labute approximate surface area is 138 Å². The van der Waals surface area contributed by atoms with Crippen molar-refractivity contribution in [2.45, 2.75) is 46.1 Å². The van der Waals surface area contributed by atoms with E-state index in [1.165, 1.54) is 6.42 Å². The van der Waals surface area contributed by atoms with Crippen molar-refractivity contribution in [1.29, 1.82) is 0 Å². The van der Waals surface area contributed by atoms with Gasteiger partial charge in [-0.2, -0.15) is 0 Å². The summed E-state index contributed by atoms with van der Waals surface area (Å²) < 4.78 is 0. The summed E-state index contributed by atoms with van der Waals surface area (Å²) in [5.41, 5.74) is 6.87. The minimum absolute atomic E-state index is 0.0286. The Morgan fingerprint density at radius 2 is 1.83 bits per heavy atom. The lowest BCUT2D eigenvalue weighted by molar-refractivity contribution is -0.119. The van der Waals surface area contributed by atoms with E-state index in [1.54, 1.807) is 24.3 Å². The molecule has 3 N–H and O–H groups in total. The number of carbonyl (C=O) groups is 2. The SMILES string of the molecule is CC(C)(C)[C@H](N)C(=O)Nc1cccc(C(=O)N2CCCCC2)c1. The molecule has 0 bridgehead atoms. The van der Waals surface area contributed by atoms with Crippen LogP contribution in [-0.2, 0) is 4.79 Å². The summed E-state index contributed by atoms with van der Waals surface area (Å²) >= 11 is 0. The van der Waals surface area contributed by atoms with Gasteiger partial charge in [0.1, 0.15) is 0 Å². The van der Waals surface area contributed by atoms with Crippen molar-refractivity contribution in [3.8, 4) is 0 Å². The van der Waals surface area contributed by atoms with Crippen molar-refractivity contribution in [1.82, 2.24) is 4.90 Å². The van der Waals surface area contributed by atoms with Crippen LogP contribution >= 0.6 is 0 Å². The molecule has 0 aliphatic carbocycles. The maximum absolute atomic E-state index is 12.5. The van der Waals surface area contributed by atoms with Crippen LogP contribution in [0, 0.1) is 5.41 Å². The molecule has 2 rings (SSSR count). The van der Waals surface area contributed by atoms with Crippen LogP contribution in [0.2, 0.25) is 0 Å². The molecule has 0 radical (unpaired) electrons. The van der Waals surface area contributed by atoms with Crippen LogP contribution in [0.4, 0.5) is 5.69 Å². The highest BCUT2D eigenvalue weighted by Gasteiger charge is 2.27. The van der Waals surface area contributed by atoms with Gasteiger partial charge in [0.25, 0.3) is 5.91 Å². The molecule has 1 atom stereocenters. The van der Waals surface area contributed by atoms with E-state index in [-0.39, 0.29) is 17.2 Å². The lowest BCUT2D eigenvalue weighted by atomic mass is 9.87. The Morgan fingerprint density at radius 1 is 1.17 bits per heavy atom. The van der Waals surface area contributed by atoms with E-state index in [1.807, 2.05) is 25.7 Å². The van der Waals surface area contributed by atoms with Crippen LogP contribution in [0.25, 0.3) is 0 Å². The second-order valence-corrected chi connectivity index (χ2v) is 7.27. The van der Waals surface area contributed by atoms with Crippen LogP contribution in [0.5, 0.6) is 0 Å². The third kappa shape index (κ3) is 4.55. The highest BCUT2D eigenvalue weighted by atomic mass is 16.2. The zero-order valence-corrected chi connectivity index (χ0v) is 14.3. The van der Waals surface area contributed by atoms with Crippen molar-refractivity contribution >= 4 is 17.5 Å². The first-order valence-electron chi connectivity index (χ1n) is 8.25. The summed E-state index contributed by atoms with van der Waals surface area (Å²) in [7, 11) is 0. The summed E-state index contributed by atoms with van der Waals surface area (Å²) in [6.07, 6.45) is 3.30. The molecule has 5 heteroatoms. The number of amides is 2. The van der Waals surface area contributed by atoms with Gasteiger partial charge in [-0.1, -0.05) is 26.8 Å². The van der Waals surface area contributed by atoms with E-state index in [0.29, 0.717) is 11.3 Å². The Morgan fingerprint density at radius 3 is 2.43 bits per heavy atom. The van der Waals surface area contributed by atoms with Crippen molar-refractivity contribution < 1.29 is 9.59 Å². The van der Waals surface area contributed by atoms with Gasteiger partial charge < -0.3 is 16.0 Å². The summed E-state index contributed by atoms with van der Waals surface area (Å²) in [4.78, 5) is 26.6. The first-order valence-corrected chi connectivity index (χ1v) is 8.25. The number of rotatable bonds is 3. The van der Waals surface area contributed by atoms with E-state index < -0.39 is 6.04 Å². The highest BCUT2D eigenvalue weighted by molar-refractivity contribution is 5.98. The van der Waals surface area contributed by atoms with E-state index in [4.69, 9.17) is 5.73 Å². The third-order valence-corrected chi connectivity index (χ3v) is 4.24. The number of piperidine rings is 1. The number of hydrogen-bond donors (Lipinski definition) is 2. The van der Waals surface area contributed by atoms with E-state index >= 15 is 0 Å². The topological polar surface area (TPSA) is 75.4 Å². The van der Waals surface area contributed by atoms with Gasteiger partial charge in [-0.05, 0) is 42.9 Å². The van der Waals surface area contributed by atoms with Crippen LogP contribution in [-0.4, -0.2) is 35.8 Å². The lowest BCUT2D eigenvalue weighted by Gasteiger charge is -2.27. The number of nitrogens with one attached hydrogen (secondary N) is 1. The van der Waals surface area contributed by atoms with Gasteiger partial charge in [0.2, 0.25) is 5.91 Å². The average Bonchev–Trinajstić information content (AvgIpc) is 2.53. The predicted molar refractivity (Wildman–Crippen MR) is 92.3 cm³/mol. The van der Waals surface area contributed by atoms with Gasteiger partial charge in [0, 0.05) is 24.3 Å². The standard InChI is InChI=1S/C18H27N3O2/c1-18(2,3)15(19)16(22)20-14-9-7-8-13(12-14)17(23)21-10-5-4-6-11-21/h7-9,12,15H,4-6,10-11,19H2,1-3H3,(H,20,22)/t15-/m1/s1. The molecule has 0 saturated carbocycles. The fourth-order valence-electron chi connectivity index (χ4n) is 2.62. The molecular formula is C18H27N3O2. The fraction of sp³-hybridized carbons (Fsp3) is 0.556. The van der Waals surface area contributed by atoms with Crippen molar-refractivity contribution in [2.24, 2.45) is 11.1 Å². The van der Waals surface area contributed by atoms with Crippen molar-refractivity contribution in [2.75, 3.05) is 18.4 Å². The number of anilines is 1. The van der Waals surface area contributed by atoms with Crippen molar-refractivity contribution in [3.63, 3.8) is 0 Å². The van der Waals surface area contributed by atoms with Crippen LogP contribution in [0.1, 0.15) is 50.4 Å².